The quantitative estimate of drug-likeness (QED) is 0.242. The predicted octanol–water partition coefficient (Wildman–Crippen LogP) is 5.49. The van der Waals surface area contributed by atoms with E-state index in [1.54, 1.807) is 0 Å². The van der Waals surface area contributed by atoms with Crippen LogP contribution in [0.15, 0.2) is 53.6 Å². The van der Waals surface area contributed by atoms with Crippen LogP contribution in [0.25, 0.3) is 6.08 Å². The second-order valence-corrected chi connectivity index (χ2v) is 6.04. The molecular formula is C22H31NO2. The molecule has 1 aromatic carbocycles. The molecule has 0 amide bonds. The van der Waals surface area contributed by atoms with Crippen molar-refractivity contribution in [3.8, 4) is 0 Å². The number of aliphatic hydroxyl groups excluding tert-OH is 1. The molecule has 0 bridgehead atoms. The van der Waals surface area contributed by atoms with E-state index in [0.717, 1.165) is 43.4 Å². The lowest BCUT2D eigenvalue weighted by molar-refractivity contribution is -0.0464. The molecule has 3 nitrogen and oxygen atoms in total. The Kier molecular flexibility index (Phi) is 11.2. The lowest BCUT2D eigenvalue weighted by Gasteiger charge is -2.03. The topological polar surface area (TPSA) is 52.8 Å². The smallest absolute Gasteiger partial charge is 0.151 e. The Hall–Kier alpha value is -1.97. The van der Waals surface area contributed by atoms with Crippen LogP contribution >= 0.6 is 0 Å². The van der Waals surface area contributed by atoms with Crippen LogP contribution < -0.4 is 0 Å². The number of unbranched alkanes of at least 4 members (excludes halogenated alkanes) is 2. The van der Waals surface area contributed by atoms with E-state index < -0.39 is 6.29 Å². The molecule has 0 atom stereocenters. The fourth-order valence-corrected chi connectivity index (χ4v) is 2.31. The highest BCUT2D eigenvalue weighted by Crippen LogP contribution is 2.22. The highest BCUT2D eigenvalue weighted by molar-refractivity contribution is 5.71. The van der Waals surface area contributed by atoms with Crippen molar-refractivity contribution < 1.29 is 10.2 Å². The van der Waals surface area contributed by atoms with Gasteiger partial charge in [0.15, 0.2) is 6.29 Å². The van der Waals surface area contributed by atoms with E-state index in [-0.39, 0.29) is 0 Å². The zero-order chi connectivity index (χ0) is 18.3. The summed E-state index contributed by atoms with van der Waals surface area (Å²) in [6.45, 7) is 4.20. The molecule has 0 saturated heterocycles. The number of aryl methyl sites for hydroxylation is 1. The van der Waals surface area contributed by atoms with Crippen molar-refractivity contribution in [1.29, 1.82) is 0 Å². The molecule has 0 aliphatic carbocycles. The highest BCUT2D eigenvalue weighted by Gasteiger charge is 1.98. The first-order chi connectivity index (χ1) is 12.1. The Balaban J connectivity index is 2.56. The van der Waals surface area contributed by atoms with Gasteiger partial charge in [-0.2, -0.15) is 0 Å². The van der Waals surface area contributed by atoms with Crippen LogP contribution in [0.1, 0.15) is 56.6 Å². The van der Waals surface area contributed by atoms with Gasteiger partial charge in [-0.15, -0.1) is 0 Å². The van der Waals surface area contributed by atoms with Crippen molar-refractivity contribution in [2.75, 3.05) is 0 Å². The van der Waals surface area contributed by atoms with Crippen molar-refractivity contribution in [3.63, 3.8) is 0 Å². The van der Waals surface area contributed by atoms with Crippen LogP contribution in [0, 0.1) is 6.92 Å². The highest BCUT2D eigenvalue weighted by atomic mass is 16.5. The Labute approximate surface area is 152 Å². The van der Waals surface area contributed by atoms with E-state index in [0.29, 0.717) is 6.42 Å². The fraction of sp³-hybridized carbons (Fsp3) is 0.409. The molecule has 0 saturated carbocycles. The summed E-state index contributed by atoms with van der Waals surface area (Å²) in [6.07, 6.45) is 18.3. The minimum atomic E-state index is -1.19. The van der Waals surface area contributed by atoms with Crippen molar-refractivity contribution in [2.24, 2.45) is 4.99 Å². The van der Waals surface area contributed by atoms with Crippen LogP contribution in [-0.4, -0.2) is 22.7 Å². The number of benzene rings is 1. The number of hydrogen-bond donors (Lipinski definition) is 2. The van der Waals surface area contributed by atoms with Gasteiger partial charge in [0.25, 0.3) is 0 Å². The second kappa shape index (κ2) is 13.3. The molecule has 0 aliphatic rings. The Morgan fingerprint density at radius 1 is 1.08 bits per heavy atom. The standard InChI is InChI=1S/C22H31NO2/c1-3-4-5-6-9-12-17-23-21-16-15-19(2)18-20(21)13-10-7-8-11-14-22(24)25/h4-6,9-10,13,15-18,22,24-25H,3,7-8,11-12,14H2,1-2H3/b5-4-,9-6-,13-10+,23-17+. The molecule has 0 spiro atoms. The lowest BCUT2D eigenvalue weighted by Crippen LogP contribution is -2.02. The monoisotopic (exact) mass is 341 g/mol. The van der Waals surface area contributed by atoms with E-state index in [9.17, 15) is 0 Å². The third-order valence-electron chi connectivity index (χ3n) is 3.65. The van der Waals surface area contributed by atoms with Gasteiger partial charge in [0.05, 0.1) is 5.69 Å². The van der Waals surface area contributed by atoms with Crippen LogP contribution in [0.5, 0.6) is 0 Å². The van der Waals surface area contributed by atoms with Crippen LogP contribution in [0.2, 0.25) is 0 Å². The van der Waals surface area contributed by atoms with Gasteiger partial charge >= 0.3 is 0 Å². The first-order valence-corrected chi connectivity index (χ1v) is 9.11. The average molecular weight is 341 g/mol. The first kappa shape index (κ1) is 21.1. The molecule has 0 aliphatic heterocycles. The Morgan fingerprint density at radius 3 is 2.64 bits per heavy atom. The van der Waals surface area contributed by atoms with Gasteiger partial charge in [0.1, 0.15) is 0 Å². The minimum absolute atomic E-state index is 0.439. The molecule has 0 aromatic heterocycles. The van der Waals surface area contributed by atoms with Crippen molar-refractivity contribution in [2.45, 2.75) is 58.7 Å². The van der Waals surface area contributed by atoms with Crippen molar-refractivity contribution in [1.82, 2.24) is 0 Å². The van der Waals surface area contributed by atoms with Gasteiger partial charge in [-0.1, -0.05) is 55.0 Å². The van der Waals surface area contributed by atoms with Gasteiger partial charge < -0.3 is 10.2 Å². The third kappa shape index (κ3) is 10.5. The Bertz CT molecular complexity index is 598. The largest absolute Gasteiger partial charge is 0.368 e. The molecule has 0 radical (unpaired) electrons. The number of rotatable bonds is 11. The van der Waals surface area contributed by atoms with E-state index in [2.05, 4.69) is 67.4 Å². The van der Waals surface area contributed by atoms with E-state index in [4.69, 9.17) is 10.2 Å². The summed E-state index contributed by atoms with van der Waals surface area (Å²) in [4.78, 5) is 4.59. The lowest BCUT2D eigenvalue weighted by atomic mass is 10.1. The summed E-state index contributed by atoms with van der Waals surface area (Å²) >= 11 is 0. The molecular weight excluding hydrogens is 310 g/mol. The zero-order valence-electron chi connectivity index (χ0n) is 15.4. The molecule has 2 N–H and O–H groups in total. The first-order valence-electron chi connectivity index (χ1n) is 9.11. The Morgan fingerprint density at radius 2 is 1.88 bits per heavy atom. The SMILES string of the molecule is CC/C=C\C=C/C/C=N/c1ccc(C)cc1/C=C/CCCCC(O)O. The summed E-state index contributed by atoms with van der Waals surface area (Å²) in [6, 6.07) is 6.27. The van der Waals surface area contributed by atoms with Crippen LogP contribution in [0.3, 0.4) is 0 Å². The maximum atomic E-state index is 8.83. The van der Waals surface area contributed by atoms with Crippen molar-refractivity contribution in [3.05, 3.63) is 59.7 Å². The summed E-state index contributed by atoms with van der Waals surface area (Å²) < 4.78 is 0. The van der Waals surface area contributed by atoms with Crippen LogP contribution in [0.4, 0.5) is 5.69 Å². The molecule has 0 heterocycles. The molecule has 1 rings (SSSR count). The van der Waals surface area contributed by atoms with Crippen molar-refractivity contribution >= 4 is 18.0 Å². The number of allylic oxidation sites excluding steroid dienone is 5. The molecule has 25 heavy (non-hydrogen) atoms. The molecule has 136 valence electrons. The van der Waals surface area contributed by atoms with Gasteiger partial charge in [-0.05, 0) is 51.2 Å². The number of hydrogen-bond acceptors (Lipinski definition) is 3. The normalized spacial score (nSPS) is 12.7. The number of nitrogens with zero attached hydrogens (tertiary/aromatic N) is 1. The molecule has 0 fully saturated rings. The number of aliphatic hydroxyl groups is 2. The minimum Gasteiger partial charge on any atom is -0.368 e. The summed E-state index contributed by atoms with van der Waals surface area (Å²) in [7, 11) is 0. The molecule has 3 heteroatoms. The number of aliphatic imine (C=N–C) groups is 1. The maximum Gasteiger partial charge on any atom is 0.151 e. The van der Waals surface area contributed by atoms with Gasteiger partial charge in [-0.3, -0.25) is 4.99 Å². The van der Waals surface area contributed by atoms with E-state index in [1.807, 2.05) is 12.3 Å². The average Bonchev–Trinajstić information content (AvgIpc) is 2.58. The van der Waals surface area contributed by atoms with Gasteiger partial charge in [-0.25, -0.2) is 0 Å². The van der Waals surface area contributed by atoms with Gasteiger partial charge in [0.2, 0.25) is 0 Å². The van der Waals surface area contributed by atoms with Crippen LogP contribution in [-0.2, 0) is 0 Å². The zero-order valence-corrected chi connectivity index (χ0v) is 15.4. The predicted molar refractivity (Wildman–Crippen MR) is 108 cm³/mol. The van der Waals surface area contributed by atoms with E-state index in [1.165, 1.54) is 5.56 Å². The van der Waals surface area contributed by atoms with Gasteiger partial charge in [0, 0.05) is 18.2 Å². The molecule has 0 unspecified atom stereocenters. The summed E-state index contributed by atoms with van der Waals surface area (Å²) in [5, 5.41) is 17.7. The molecule has 1 aromatic rings. The summed E-state index contributed by atoms with van der Waals surface area (Å²) in [5.41, 5.74) is 3.31. The fourth-order valence-electron chi connectivity index (χ4n) is 2.31. The summed E-state index contributed by atoms with van der Waals surface area (Å²) in [5.74, 6) is 0. The van der Waals surface area contributed by atoms with E-state index >= 15 is 0 Å². The third-order valence-corrected chi connectivity index (χ3v) is 3.65. The maximum absolute atomic E-state index is 8.83. The second-order valence-electron chi connectivity index (χ2n) is 6.04.